The fraction of sp³-hybridized carbons (Fsp3) is 0.333. The second-order valence-corrected chi connectivity index (χ2v) is 2.47. The number of benzene rings is 1. The summed E-state index contributed by atoms with van der Waals surface area (Å²) in [6, 6.07) is 7.84. The Hall–Kier alpha value is -1.38. The Morgan fingerprint density at radius 2 is 2.00 bits per heavy atom. The molecule has 0 heterocycles. The largest absolute Gasteiger partial charge is 0.359 e. The molecule has 0 aromatic heterocycles. The molecule has 0 aliphatic heterocycles. The van der Waals surface area contributed by atoms with Crippen molar-refractivity contribution in [1.29, 1.82) is 0 Å². The van der Waals surface area contributed by atoms with Crippen molar-refractivity contribution in [3.63, 3.8) is 0 Å². The molecular formula is C9H11NO2. The van der Waals surface area contributed by atoms with Crippen LogP contribution in [-0.4, -0.2) is 0 Å². The molecule has 1 aromatic rings. The zero-order chi connectivity index (χ0) is 8.81. The van der Waals surface area contributed by atoms with Crippen LogP contribution in [0.2, 0.25) is 0 Å². The Kier molecular flexibility index (Phi) is 3.26. The Morgan fingerprint density at radius 1 is 1.33 bits per heavy atom. The fourth-order valence-corrected chi connectivity index (χ4v) is 1.14. The lowest BCUT2D eigenvalue weighted by molar-refractivity contribution is 0.125. The van der Waals surface area contributed by atoms with Gasteiger partial charge in [-0.3, -0.25) is 0 Å². The smallest absolute Gasteiger partial charge is 0.155 e. The van der Waals surface area contributed by atoms with E-state index in [0.717, 1.165) is 12.0 Å². The summed E-state index contributed by atoms with van der Waals surface area (Å²) >= 11 is 0. The lowest BCUT2D eigenvalue weighted by Gasteiger charge is -2.03. The van der Waals surface area contributed by atoms with E-state index in [1.807, 2.05) is 24.3 Å². The summed E-state index contributed by atoms with van der Waals surface area (Å²) in [4.78, 5) is 14.1. The zero-order valence-corrected chi connectivity index (χ0v) is 6.99. The van der Waals surface area contributed by atoms with Crippen LogP contribution in [-0.2, 0) is 17.9 Å². The van der Waals surface area contributed by atoms with Crippen molar-refractivity contribution in [1.82, 2.24) is 0 Å². The van der Waals surface area contributed by atoms with Gasteiger partial charge in [0.15, 0.2) is 5.34 Å². The molecule has 0 N–H and O–H groups in total. The first kappa shape index (κ1) is 8.71. The third-order valence-electron chi connectivity index (χ3n) is 1.77. The maximum atomic E-state index is 9.71. The minimum absolute atomic E-state index is 0.271. The van der Waals surface area contributed by atoms with Crippen LogP contribution in [0, 0.1) is 4.91 Å². The minimum atomic E-state index is 0.271. The normalized spacial score (nSPS) is 9.42. The molecule has 1 rings (SSSR count). The molecule has 64 valence electrons. The van der Waals surface area contributed by atoms with Crippen molar-refractivity contribution in [3.05, 3.63) is 40.3 Å². The SMILES string of the molecule is CCc1ccccc1CON=O. The molecular weight excluding hydrogens is 154 g/mol. The molecule has 1 aromatic carbocycles. The predicted molar refractivity (Wildman–Crippen MR) is 46.4 cm³/mol. The fourth-order valence-electron chi connectivity index (χ4n) is 1.14. The molecule has 0 saturated carbocycles. The van der Waals surface area contributed by atoms with E-state index < -0.39 is 0 Å². The number of nitrogens with zero attached hydrogens (tertiary/aromatic N) is 1. The van der Waals surface area contributed by atoms with Crippen LogP contribution in [0.3, 0.4) is 0 Å². The van der Waals surface area contributed by atoms with Gasteiger partial charge in [0.2, 0.25) is 0 Å². The molecule has 0 atom stereocenters. The Bertz CT molecular complexity index is 260. The topological polar surface area (TPSA) is 38.7 Å². The van der Waals surface area contributed by atoms with Crippen molar-refractivity contribution in [2.45, 2.75) is 20.0 Å². The van der Waals surface area contributed by atoms with Crippen molar-refractivity contribution < 1.29 is 4.84 Å². The molecule has 0 saturated heterocycles. The van der Waals surface area contributed by atoms with Crippen LogP contribution in [0.15, 0.2) is 29.6 Å². The van der Waals surface area contributed by atoms with Crippen molar-refractivity contribution in [2.75, 3.05) is 0 Å². The second kappa shape index (κ2) is 4.49. The summed E-state index contributed by atoms with van der Waals surface area (Å²) in [6.07, 6.45) is 0.943. The van der Waals surface area contributed by atoms with Gasteiger partial charge >= 0.3 is 0 Å². The standard InChI is InChI=1S/C9H11NO2/c1-2-8-5-3-4-6-9(8)7-12-10-11/h3-6H,2,7H2,1H3. The summed E-state index contributed by atoms with van der Waals surface area (Å²) in [6.45, 7) is 2.33. The van der Waals surface area contributed by atoms with Crippen LogP contribution in [0.25, 0.3) is 0 Å². The van der Waals surface area contributed by atoms with Gasteiger partial charge in [-0.05, 0) is 17.5 Å². The Balaban J connectivity index is 2.74. The van der Waals surface area contributed by atoms with E-state index in [-0.39, 0.29) is 6.61 Å². The maximum Gasteiger partial charge on any atom is 0.155 e. The Morgan fingerprint density at radius 3 is 2.58 bits per heavy atom. The summed E-state index contributed by atoms with van der Waals surface area (Å²) in [5.74, 6) is 0. The molecule has 3 nitrogen and oxygen atoms in total. The molecule has 0 amide bonds. The van der Waals surface area contributed by atoms with E-state index in [1.165, 1.54) is 5.56 Å². The van der Waals surface area contributed by atoms with Crippen molar-refractivity contribution >= 4 is 0 Å². The van der Waals surface area contributed by atoms with Crippen molar-refractivity contribution in [3.8, 4) is 0 Å². The first-order chi connectivity index (χ1) is 5.88. The molecule has 0 fully saturated rings. The highest BCUT2D eigenvalue weighted by Crippen LogP contribution is 2.10. The van der Waals surface area contributed by atoms with Crippen LogP contribution in [0.1, 0.15) is 18.1 Å². The molecule has 0 unspecified atom stereocenters. The van der Waals surface area contributed by atoms with Crippen LogP contribution in [0.5, 0.6) is 0 Å². The van der Waals surface area contributed by atoms with Gasteiger partial charge in [0.05, 0.1) is 0 Å². The summed E-state index contributed by atoms with van der Waals surface area (Å²) in [5.41, 5.74) is 2.22. The number of hydrogen-bond donors (Lipinski definition) is 0. The molecule has 0 aliphatic rings. The molecule has 0 aliphatic carbocycles. The summed E-state index contributed by atoms with van der Waals surface area (Å²) in [5, 5.41) is 2.36. The number of aryl methyl sites for hydroxylation is 1. The molecule has 0 bridgehead atoms. The third kappa shape index (κ3) is 2.05. The summed E-state index contributed by atoms with van der Waals surface area (Å²) < 4.78 is 0. The third-order valence-corrected chi connectivity index (χ3v) is 1.77. The van der Waals surface area contributed by atoms with E-state index in [0.29, 0.717) is 0 Å². The average molecular weight is 165 g/mol. The lowest BCUT2D eigenvalue weighted by Crippen LogP contribution is -1.92. The van der Waals surface area contributed by atoms with Gasteiger partial charge in [-0.1, -0.05) is 31.2 Å². The molecule has 3 heteroatoms. The van der Waals surface area contributed by atoms with E-state index in [9.17, 15) is 4.91 Å². The van der Waals surface area contributed by atoms with Gasteiger partial charge in [0.1, 0.15) is 6.61 Å². The number of hydrogen-bond acceptors (Lipinski definition) is 3. The Labute approximate surface area is 71.3 Å². The van der Waals surface area contributed by atoms with E-state index in [1.54, 1.807) is 0 Å². The highest BCUT2D eigenvalue weighted by Gasteiger charge is 1.98. The van der Waals surface area contributed by atoms with Gasteiger partial charge in [-0.2, -0.15) is 0 Å². The van der Waals surface area contributed by atoms with Gasteiger partial charge in [0.25, 0.3) is 0 Å². The van der Waals surface area contributed by atoms with E-state index in [4.69, 9.17) is 0 Å². The predicted octanol–water partition coefficient (Wildman–Crippen LogP) is 2.45. The molecule has 0 spiro atoms. The van der Waals surface area contributed by atoms with Crippen LogP contribution in [0.4, 0.5) is 0 Å². The van der Waals surface area contributed by atoms with E-state index in [2.05, 4.69) is 17.1 Å². The quantitative estimate of drug-likeness (QED) is 0.507. The van der Waals surface area contributed by atoms with Crippen LogP contribution >= 0.6 is 0 Å². The minimum Gasteiger partial charge on any atom is -0.359 e. The van der Waals surface area contributed by atoms with Crippen molar-refractivity contribution in [2.24, 2.45) is 5.34 Å². The first-order valence-electron chi connectivity index (χ1n) is 3.90. The second-order valence-electron chi connectivity index (χ2n) is 2.47. The van der Waals surface area contributed by atoms with Gasteiger partial charge in [0, 0.05) is 0 Å². The average Bonchev–Trinajstić information content (AvgIpc) is 2.15. The van der Waals surface area contributed by atoms with E-state index >= 15 is 0 Å². The lowest BCUT2D eigenvalue weighted by atomic mass is 10.1. The molecule has 12 heavy (non-hydrogen) atoms. The highest BCUT2D eigenvalue weighted by atomic mass is 16.7. The van der Waals surface area contributed by atoms with Gasteiger partial charge in [-0.25, -0.2) is 0 Å². The van der Waals surface area contributed by atoms with Gasteiger partial charge < -0.3 is 4.84 Å². The van der Waals surface area contributed by atoms with Crippen LogP contribution < -0.4 is 0 Å². The number of rotatable bonds is 4. The monoisotopic (exact) mass is 165 g/mol. The maximum absolute atomic E-state index is 9.71. The first-order valence-corrected chi connectivity index (χ1v) is 3.90. The zero-order valence-electron chi connectivity index (χ0n) is 6.99. The highest BCUT2D eigenvalue weighted by molar-refractivity contribution is 5.26. The van der Waals surface area contributed by atoms with Gasteiger partial charge in [-0.15, -0.1) is 4.91 Å². The molecule has 0 radical (unpaired) electrons. The summed E-state index contributed by atoms with van der Waals surface area (Å²) in [7, 11) is 0.